The number of anilines is 1. The van der Waals surface area contributed by atoms with Gasteiger partial charge in [0.15, 0.2) is 11.6 Å². The Morgan fingerprint density at radius 3 is 2.68 bits per heavy atom. The van der Waals surface area contributed by atoms with Crippen LogP contribution in [-0.4, -0.2) is 21.5 Å². The minimum Gasteiger partial charge on any atom is -0.369 e. The molecule has 31 heavy (non-hydrogen) atoms. The summed E-state index contributed by atoms with van der Waals surface area (Å²) < 4.78 is 15.4. The maximum atomic E-state index is 14.4. The molecular formula is C24H19FN4S2. The van der Waals surface area contributed by atoms with E-state index < -0.39 is 5.82 Å². The molecule has 1 aromatic carbocycles. The zero-order chi connectivity index (χ0) is 21.0. The summed E-state index contributed by atoms with van der Waals surface area (Å²) in [5.41, 5.74) is 4.67. The van der Waals surface area contributed by atoms with E-state index in [2.05, 4.69) is 51.4 Å². The molecule has 7 heteroatoms. The molecule has 0 atom stereocenters. The number of benzene rings is 1. The molecule has 0 saturated carbocycles. The number of hydrogen-bond donors (Lipinski definition) is 1. The van der Waals surface area contributed by atoms with Crippen molar-refractivity contribution in [3.05, 3.63) is 82.4 Å². The first-order chi connectivity index (χ1) is 15.3. The van der Waals surface area contributed by atoms with Crippen molar-refractivity contribution in [3.8, 4) is 22.5 Å². The number of pyridine rings is 1. The number of halogens is 1. The van der Waals surface area contributed by atoms with Crippen LogP contribution in [0.4, 0.5) is 10.2 Å². The molecule has 4 aromatic heterocycles. The normalized spacial score (nSPS) is 11.1. The van der Waals surface area contributed by atoms with Gasteiger partial charge in [0.05, 0.1) is 22.0 Å². The number of aromatic nitrogens is 3. The van der Waals surface area contributed by atoms with Gasteiger partial charge in [-0.1, -0.05) is 30.3 Å². The predicted octanol–water partition coefficient (Wildman–Crippen LogP) is 6.67. The van der Waals surface area contributed by atoms with E-state index in [0.29, 0.717) is 11.4 Å². The van der Waals surface area contributed by atoms with Gasteiger partial charge in [-0.05, 0) is 46.9 Å². The van der Waals surface area contributed by atoms with Gasteiger partial charge in [-0.25, -0.2) is 14.4 Å². The molecule has 4 nitrogen and oxygen atoms in total. The second kappa shape index (κ2) is 8.91. The molecule has 0 bridgehead atoms. The molecule has 0 unspecified atom stereocenters. The number of fused-ring (bicyclic) bond motifs is 1. The molecular weight excluding hydrogens is 427 g/mol. The van der Waals surface area contributed by atoms with Crippen LogP contribution in [0.25, 0.3) is 32.7 Å². The van der Waals surface area contributed by atoms with Gasteiger partial charge in [-0.3, -0.25) is 4.98 Å². The number of thiophene rings is 2. The number of nitrogens with zero attached hydrogens (tertiary/aromatic N) is 3. The molecule has 0 aliphatic heterocycles. The Balaban J connectivity index is 1.49. The van der Waals surface area contributed by atoms with Crippen LogP contribution in [0.15, 0.2) is 71.0 Å². The van der Waals surface area contributed by atoms with Crippen molar-refractivity contribution in [3.63, 3.8) is 0 Å². The van der Waals surface area contributed by atoms with Crippen LogP contribution in [0.2, 0.25) is 0 Å². The standard InChI is InChI=1S/C24H19FN4S2/c25-20-13-26-11-8-18(20)23-28-21-19(17-9-12-30-14-17)15-31-22(21)24(29-23)27-10-4-7-16-5-2-1-3-6-16/h1-3,5-6,8-9,11-15H,4,7,10H2,(H,27,28,29). The van der Waals surface area contributed by atoms with Gasteiger partial charge in [-0.2, -0.15) is 11.3 Å². The molecule has 0 radical (unpaired) electrons. The van der Waals surface area contributed by atoms with Crippen molar-refractivity contribution in [2.45, 2.75) is 12.8 Å². The lowest BCUT2D eigenvalue weighted by atomic mass is 10.1. The summed E-state index contributed by atoms with van der Waals surface area (Å²) in [5, 5.41) is 9.72. The van der Waals surface area contributed by atoms with Gasteiger partial charge < -0.3 is 5.32 Å². The van der Waals surface area contributed by atoms with Crippen LogP contribution < -0.4 is 5.32 Å². The fourth-order valence-electron chi connectivity index (χ4n) is 3.48. The third-order valence-electron chi connectivity index (χ3n) is 5.04. The summed E-state index contributed by atoms with van der Waals surface area (Å²) in [7, 11) is 0. The second-order valence-electron chi connectivity index (χ2n) is 7.11. The first-order valence-corrected chi connectivity index (χ1v) is 11.8. The highest BCUT2D eigenvalue weighted by molar-refractivity contribution is 7.18. The smallest absolute Gasteiger partial charge is 0.165 e. The summed E-state index contributed by atoms with van der Waals surface area (Å²) in [6.07, 6.45) is 4.71. The first-order valence-electron chi connectivity index (χ1n) is 9.99. The van der Waals surface area contributed by atoms with Crippen LogP contribution in [0.1, 0.15) is 12.0 Å². The number of rotatable bonds is 7. The monoisotopic (exact) mass is 446 g/mol. The molecule has 0 spiro atoms. The molecule has 0 aliphatic rings. The molecule has 0 fully saturated rings. The van der Waals surface area contributed by atoms with E-state index in [1.807, 2.05) is 11.4 Å². The maximum Gasteiger partial charge on any atom is 0.165 e. The average molecular weight is 447 g/mol. The van der Waals surface area contributed by atoms with Gasteiger partial charge in [0.2, 0.25) is 0 Å². The lowest BCUT2D eigenvalue weighted by molar-refractivity contribution is 0.624. The van der Waals surface area contributed by atoms with E-state index in [1.165, 1.54) is 11.8 Å². The van der Waals surface area contributed by atoms with E-state index in [9.17, 15) is 4.39 Å². The fourth-order valence-corrected chi connectivity index (χ4v) is 5.12. The Hall–Kier alpha value is -3.16. The van der Waals surface area contributed by atoms with Crippen molar-refractivity contribution in [1.82, 2.24) is 15.0 Å². The summed E-state index contributed by atoms with van der Waals surface area (Å²) in [5.74, 6) is 0.688. The van der Waals surface area contributed by atoms with Crippen molar-refractivity contribution in [2.75, 3.05) is 11.9 Å². The Bertz CT molecular complexity index is 1300. The van der Waals surface area contributed by atoms with Crippen LogP contribution in [-0.2, 0) is 6.42 Å². The highest BCUT2D eigenvalue weighted by atomic mass is 32.1. The van der Waals surface area contributed by atoms with Crippen LogP contribution >= 0.6 is 22.7 Å². The zero-order valence-corrected chi connectivity index (χ0v) is 18.2. The zero-order valence-electron chi connectivity index (χ0n) is 16.6. The lowest BCUT2D eigenvalue weighted by Gasteiger charge is -2.10. The predicted molar refractivity (Wildman–Crippen MR) is 127 cm³/mol. The van der Waals surface area contributed by atoms with Gasteiger partial charge in [0, 0.05) is 23.7 Å². The Kier molecular flexibility index (Phi) is 5.69. The molecule has 5 aromatic rings. The molecule has 0 aliphatic carbocycles. The van der Waals surface area contributed by atoms with Crippen LogP contribution in [0, 0.1) is 5.82 Å². The van der Waals surface area contributed by atoms with Crippen molar-refractivity contribution < 1.29 is 4.39 Å². The summed E-state index contributed by atoms with van der Waals surface area (Å²) in [4.78, 5) is 13.3. The minimum absolute atomic E-state index is 0.353. The first kappa shape index (κ1) is 19.8. The summed E-state index contributed by atoms with van der Waals surface area (Å²) in [6, 6.07) is 14.1. The minimum atomic E-state index is -0.427. The quantitative estimate of drug-likeness (QED) is 0.284. The lowest BCUT2D eigenvalue weighted by Crippen LogP contribution is -2.06. The summed E-state index contributed by atoms with van der Waals surface area (Å²) in [6.45, 7) is 0.769. The molecule has 5 rings (SSSR count). The highest BCUT2D eigenvalue weighted by Crippen LogP contribution is 2.38. The fraction of sp³-hybridized carbons (Fsp3) is 0.125. The third-order valence-corrected chi connectivity index (χ3v) is 6.70. The molecule has 0 amide bonds. The van der Waals surface area contributed by atoms with E-state index in [4.69, 9.17) is 9.97 Å². The topological polar surface area (TPSA) is 50.7 Å². The van der Waals surface area contributed by atoms with Crippen molar-refractivity contribution in [1.29, 1.82) is 0 Å². The maximum absolute atomic E-state index is 14.4. The van der Waals surface area contributed by atoms with Gasteiger partial charge >= 0.3 is 0 Å². The second-order valence-corrected chi connectivity index (χ2v) is 8.77. The average Bonchev–Trinajstić information content (AvgIpc) is 3.47. The van der Waals surface area contributed by atoms with E-state index >= 15 is 0 Å². The van der Waals surface area contributed by atoms with E-state index in [1.54, 1.807) is 34.9 Å². The van der Waals surface area contributed by atoms with Crippen LogP contribution in [0.3, 0.4) is 0 Å². The van der Waals surface area contributed by atoms with Gasteiger partial charge in [-0.15, -0.1) is 11.3 Å². The Morgan fingerprint density at radius 1 is 0.968 bits per heavy atom. The van der Waals surface area contributed by atoms with E-state index in [-0.39, 0.29) is 0 Å². The third kappa shape index (κ3) is 4.19. The summed E-state index contributed by atoms with van der Waals surface area (Å²) >= 11 is 3.26. The van der Waals surface area contributed by atoms with Crippen LogP contribution in [0.5, 0.6) is 0 Å². The number of aryl methyl sites for hydroxylation is 1. The number of nitrogens with one attached hydrogen (secondary N) is 1. The van der Waals surface area contributed by atoms with Gasteiger partial charge in [0.25, 0.3) is 0 Å². The molecule has 1 N–H and O–H groups in total. The highest BCUT2D eigenvalue weighted by Gasteiger charge is 2.17. The van der Waals surface area contributed by atoms with E-state index in [0.717, 1.165) is 46.5 Å². The Labute approximate surface area is 187 Å². The molecule has 154 valence electrons. The molecule has 4 heterocycles. The van der Waals surface area contributed by atoms with Gasteiger partial charge in [0.1, 0.15) is 5.82 Å². The Morgan fingerprint density at radius 2 is 1.87 bits per heavy atom. The van der Waals surface area contributed by atoms with Crippen molar-refractivity contribution >= 4 is 38.7 Å². The SMILES string of the molecule is Fc1cnccc1-c1nc(NCCCc2ccccc2)c2scc(-c3ccsc3)c2n1. The van der Waals surface area contributed by atoms with Crippen molar-refractivity contribution in [2.24, 2.45) is 0 Å². The number of hydrogen-bond acceptors (Lipinski definition) is 6. The molecule has 0 saturated heterocycles. The largest absolute Gasteiger partial charge is 0.369 e.